The predicted octanol–water partition coefficient (Wildman–Crippen LogP) is 4.11. The number of aromatic nitrogens is 1. The minimum atomic E-state index is -2.11. The van der Waals surface area contributed by atoms with Crippen molar-refractivity contribution < 1.29 is 14.7 Å². The molecule has 1 aliphatic rings. The standard InChI is InChI=1S/C18H9Cl2NO3/c19-13-11-7-3-4-8-12(11)21-15(14(13)22)18(20)16(23)9-5-1-2-6-10(9)17(18)24/h1-8,22H. The fourth-order valence-corrected chi connectivity index (χ4v) is 3.55. The molecule has 0 saturated carbocycles. The van der Waals surface area contributed by atoms with Gasteiger partial charge in [0.1, 0.15) is 5.69 Å². The number of nitrogens with zero attached hydrogens (tertiary/aromatic N) is 1. The number of para-hydroxylation sites is 1. The smallest absolute Gasteiger partial charge is 0.215 e. The number of carbonyl (C=O) groups excluding carboxylic acids is 2. The quantitative estimate of drug-likeness (QED) is 0.525. The van der Waals surface area contributed by atoms with E-state index < -0.39 is 22.2 Å². The number of pyridine rings is 1. The van der Waals surface area contributed by atoms with E-state index in [1.807, 2.05) is 0 Å². The summed E-state index contributed by atoms with van der Waals surface area (Å²) in [6, 6.07) is 13.2. The van der Waals surface area contributed by atoms with Gasteiger partial charge in [0.2, 0.25) is 4.87 Å². The molecular weight excluding hydrogens is 349 g/mol. The maximum atomic E-state index is 12.8. The van der Waals surface area contributed by atoms with Gasteiger partial charge >= 0.3 is 0 Å². The maximum absolute atomic E-state index is 12.8. The largest absolute Gasteiger partial charge is 0.504 e. The van der Waals surface area contributed by atoms with E-state index in [-0.39, 0.29) is 21.8 Å². The van der Waals surface area contributed by atoms with E-state index in [4.69, 9.17) is 23.2 Å². The Morgan fingerprint density at radius 2 is 1.46 bits per heavy atom. The van der Waals surface area contributed by atoms with Crippen molar-refractivity contribution in [2.75, 3.05) is 0 Å². The van der Waals surface area contributed by atoms with Gasteiger partial charge in [0, 0.05) is 16.5 Å². The first-order valence-corrected chi connectivity index (χ1v) is 7.87. The van der Waals surface area contributed by atoms with Crippen molar-refractivity contribution in [1.82, 2.24) is 4.98 Å². The Morgan fingerprint density at radius 1 is 0.917 bits per heavy atom. The highest BCUT2D eigenvalue weighted by atomic mass is 35.5. The van der Waals surface area contributed by atoms with Crippen LogP contribution in [0.15, 0.2) is 48.5 Å². The molecular formula is C18H9Cl2NO3. The van der Waals surface area contributed by atoms with Crippen LogP contribution < -0.4 is 0 Å². The van der Waals surface area contributed by atoms with Gasteiger partial charge in [-0.15, -0.1) is 0 Å². The lowest BCUT2D eigenvalue weighted by Crippen LogP contribution is -2.33. The average molecular weight is 358 g/mol. The average Bonchev–Trinajstić information content (AvgIpc) is 2.81. The second-order valence-electron chi connectivity index (χ2n) is 5.50. The van der Waals surface area contributed by atoms with E-state index in [1.165, 1.54) is 12.1 Å². The number of Topliss-reactive ketones (excluding diaryl/α,β-unsaturated/α-hetero) is 2. The molecule has 1 N–H and O–H groups in total. The lowest BCUT2D eigenvalue weighted by atomic mass is 9.96. The summed E-state index contributed by atoms with van der Waals surface area (Å²) >= 11 is 12.7. The lowest BCUT2D eigenvalue weighted by Gasteiger charge is -2.20. The highest BCUT2D eigenvalue weighted by Crippen LogP contribution is 2.48. The van der Waals surface area contributed by atoms with Crippen molar-refractivity contribution in [1.29, 1.82) is 0 Å². The first kappa shape index (κ1) is 15.1. The zero-order valence-corrected chi connectivity index (χ0v) is 13.6. The van der Waals surface area contributed by atoms with Crippen LogP contribution >= 0.6 is 23.2 Å². The molecule has 4 nitrogen and oxygen atoms in total. The summed E-state index contributed by atoms with van der Waals surface area (Å²) in [7, 11) is 0. The molecule has 0 atom stereocenters. The summed E-state index contributed by atoms with van der Waals surface area (Å²) in [5.41, 5.74) is 0.622. The van der Waals surface area contributed by atoms with E-state index >= 15 is 0 Å². The van der Waals surface area contributed by atoms with Gasteiger partial charge in [-0.2, -0.15) is 0 Å². The van der Waals surface area contributed by atoms with Crippen LogP contribution in [-0.4, -0.2) is 21.7 Å². The Labute approximate surface area is 146 Å². The minimum absolute atomic E-state index is 0.00665. The number of halogens is 2. The Balaban J connectivity index is 2.03. The number of carbonyl (C=O) groups is 2. The molecule has 0 bridgehead atoms. The van der Waals surface area contributed by atoms with E-state index in [2.05, 4.69) is 4.98 Å². The van der Waals surface area contributed by atoms with Gasteiger partial charge in [0.05, 0.1) is 10.5 Å². The molecule has 4 rings (SSSR count). The molecule has 1 aliphatic carbocycles. The monoisotopic (exact) mass is 357 g/mol. The van der Waals surface area contributed by atoms with Crippen LogP contribution in [-0.2, 0) is 4.87 Å². The van der Waals surface area contributed by atoms with Crippen molar-refractivity contribution in [3.63, 3.8) is 0 Å². The van der Waals surface area contributed by atoms with Crippen LogP contribution in [0, 0.1) is 0 Å². The highest BCUT2D eigenvalue weighted by molar-refractivity contribution is 6.55. The van der Waals surface area contributed by atoms with Crippen LogP contribution in [0.25, 0.3) is 10.9 Å². The molecule has 1 aromatic heterocycles. The molecule has 0 aliphatic heterocycles. The summed E-state index contributed by atoms with van der Waals surface area (Å²) < 4.78 is 0. The second kappa shape index (κ2) is 5.03. The number of rotatable bonds is 1. The third-order valence-corrected chi connectivity index (χ3v) is 5.08. The van der Waals surface area contributed by atoms with E-state index in [0.717, 1.165) is 0 Å². The van der Waals surface area contributed by atoms with Crippen molar-refractivity contribution >= 4 is 45.7 Å². The van der Waals surface area contributed by atoms with Gasteiger partial charge in [-0.3, -0.25) is 9.59 Å². The summed E-state index contributed by atoms with van der Waals surface area (Å²) in [5, 5.41) is 11.0. The SMILES string of the molecule is O=C1c2ccccc2C(=O)C1(Cl)c1nc2ccccc2c(Cl)c1O. The molecule has 0 amide bonds. The fraction of sp³-hybridized carbons (Fsp3) is 0.0556. The Morgan fingerprint density at radius 3 is 2.08 bits per heavy atom. The van der Waals surface area contributed by atoms with Crippen molar-refractivity contribution in [2.24, 2.45) is 0 Å². The third-order valence-electron chi connectivity index (χ3n) is 4.17. The number of aromatic hydroxyl groups is 1. The number of fused-ring (bicyclic) bond motifs is 2. The Kier molecular flexibility index (Phi) is 3.17. The Hall–Kier alpha value is -2.43. The van der Waals surface area contributed by atoms with Gasteiger partial charge in [-0.25, -0.2) is 4.98 Å². The fourth-order valence-electron chi connectivity index (χ4n) is 2.97. The van der Waals surface area contributed by atoms with Crippen molar-refractivity contribution in [2.45, 2.75) is 4.87 Å². The first-order valence-electron chi connectivity index (χ1n) is 7.11. The van der Waals surface area contributed by atoms with E-state index in [1.54, 1.807) is 36.4 Å². The van der Waals surface area contributed by atoms with E-state index in [0.29, 0.717) is 10.9 Å². The number of hydrogen-bond donors (Lipinski definition) is 1. The number of alkyl halides is 1. The number of benzene rings is 2. The van der Waals surface area contributed by atoms with Gasteiger partial charge in [-0.1, -0.05) is 65.7 Å². The molecule has 118 valence electrons. The molecule has 24 heavy (non-hydrogen) atoms. The molecule has 6 heteroatoms. The summed E-state index contributed by atoms with van der Waals surface area (Å²) in [6.07, 6.45) is 0. The number of ketones is 2. The molecule has 0 spiro atoms. The van der Waals surface area contributed by atoms with Crippen molar-refractivity contribution in [3.05, 3.63) is 70.4 Å². The summed E-state index contributed by atoms with van der Waals surface area (Å²) in [5.74, 6) is -1.68. The van der Waals surface area contributed by atoms with Crippen LogP contribution in [0.3, 0.4) is 0 Å². The second-order valence-corrected chi connectivity index (χ2v) is 6.45. The van der Waals surface area contributed by atoms with Crippen molar-refractivity contribution in [3.8, 4) is 5.75 Å². The van der Waals surface area contributed by atoms with Crippen LogP contribution in [0.5, 0.6) is 5.75 Å². The van der Waals surface area contributed by atoms with Gasteiger partial charge < -0.3 is 5.11 Å². The molecule has 0 unspecified atom stereocenters. The molecule has 2 aromatic carbocycles. The van der Waals surface area contributed by atoms with Crippen LogP contribution in [0.1, 0.15) is 26.4 Å². The summed E-state index contributed by atoms with van der Waals surface area (Å²) in [6.45, 7) is 0. The van der Waals surface area contributed by atoms with E-state index in [9.17, 15) is 14.7 Å². The molecule has 0 fully saturated rings. The topological polar surface area (TPSA) is 67.3 Å². The maximum Gasteiger partial charge on any atom is 0.215 e. The highest BCUT2D eigenvalue weighted by Gasteiger charge is 2.55. The molecule has 0 saturated heterocycles. The zero-order valence-electron chi connectivity index (χ0n) is 12.1. The molecule has 0 radical (unpaired) electrons. The molecule has 1 heterocycles. The molecule has 3 aromatic rings. The predicted molar refractivity (Wildman–Crippen MR) is 91.1 cm³/mol. The van der Waals surface area contributed by atoms with Crippen LogP contribution in [0.4, 0.5) is 0 Å². The summed E-state index contributed by atoms with van der Waals surface area (Å²) in [4.78, 5) is 27.7. The minimum Gasteiger partial charge on any atom is -0.504 e. The first-order chi connectivity index (χ1) is 11.5. The normalized spacial score (nSPS) is 15.8. The zero-order chi connectivity index (χ0) is 17.1. The lowest BCUT2D eigenvalue weighted by molar-refractivity contribution is 0.0856. The van der Waals surface area contributed by atoms with Crippen LogP contribution in [0.2, 0.25) is 5.02 Å². The van der Waals surface area contributed by atoms with Gasteiger partial charge in [0.15, 0.2) is 17.3 Å². The number of hydrogen-bond acceptors (Lipinski definition) is 4. The van der Waals surface area contributed by atoms with Gasteiger partial charge in [-0.05, 0) is 6.07 Å². The Bertz CT molecular complexity index is 1010. The van der Waals surface area contributed by atoms with Gasteiger partial charge in [0.25, 0.3) is 0 Å². The third kappa shape index (κ3) is 1.78.